The largest absolute Gasteiger partial charge is 0.496 e. The summed E-state index contributed by atoms with van der Waals surface area (Å²) >= 11 is 0. The van der Waals surface area contributed by atoms with E-state index >= 15 is 0 Å². The van der Waals surface area contributed by atoms with Crippen molar-refractivity contribution >= 4 is 0 Å². The van der Waals surface area contributed by atoms with E-state index in [0.717, 1.165) is 44.9 Å². The zero-order valence-electron chi connectivity index (χ0n) is 22.7. The van der Waals surface area contributed by atoms with Gasteiger partial charge in [0.1, 0.15) is 11.5 Å². The van der Waals surface area contributed by atoms with E-state index in [1.807, 2.05) is 103 Å². The molecule has 5 rings (SSSR count). The SMILES string of the molecule is COc1cc(OC)c(C(C#Cc2ccccc2)c2ccccc2)cc1C(C#Cc1ccccc1)c1ccccc1. The van der Waals surface area contributed by atoms with Crippen LogP contribution in [0.5, 0.6) is 11.5 Å². The Kier molecular flexibility index (Phi) is 8.63. The summed E-state index contributed by atoms with van der Waals surface area (Å²) in [6.07, 6.45) is 0. The minimum absolute atomic E-state index is 0.223. The first-order chi connectivity index (χ1) is 19.8. The summed E-state index contributed by atoms with van der Waals surface area (Å²) < 4.78 is 11.9. The molecule has 0 aliphatic rings. The molecule has 2 atom stereocenters. The van der Waals surface area contributed by atoms with E-state index in [-0.39, 0.29) is 11.8 Å². The van der Waals surface area contributed by atoms with Gasteiger partial charge in [-0.3, -0.25) is 0 Å². The normalized spacial score (nSPS) is 11.7. The van der Waals surface area contributed by atoms with Crippen LogP contribution in [0.3, 0.4) is 0 Å². The molecule has 0 radical (unpaired) electrons. The first-order valence-corrected chi connectivity index (χ1v) is 13.3. The molecule has 40 heavy (non-hydrogen) atoms. The number of benzene rings is 5. The van der Waals surface area contributed by atoms with Gasteiger partial charge in [-0.25, -0.2) is 0 Å². The molecule has 0 amide bonds. The van der Waals surface area contributed by atoms with Crippen molar-refractivity contribution in [3.05, 3.63) is 167 Å². The smallest absolute Gasteiger partial charge is 0.127 e. The second kappa shape index (κ2) is 13.1. The van der Waals surface area contributed by atoms with Crippen LogP contribution in [0.4, 0.5) is 0 Å². The maximum atomic E-state index is 5.93. The van der Waals surface area contributed by atoms with E-state index in [0.29, 0.717) is 0 Å². The molecule has 0 spiro atoms. The highest BCUT2D eigenvalue weighted by molar-refractivity contribution is 5.59. The first kappa shape index (κ1) is 26.4. The Bertz CT molecular complexity index is 1530. The fraction of sp³-hybridized carbons (Fsp3) is 0.105. The maximum Gasteiger partial charge on any atom is 0.127 e. The minimum Gasteiger partial charge on any atom is -0.496 e. The van der Waals surface area contributed by atoms with Crippen LogP contribution in [0.2, 0.25) is 0 Å². The Hall–Kier alpha value is -5.18. The number of ether oxygens (including phenoxy) is 2. The van der Waals surface area contributed by atoms with Gasteiger partial charge in [-0.05, 0) is 41.5 Å². The third-order valence-electron chi connectivity index (χ3n) is 6.74. The van der Waals surface area contributed by atoms with Crippen molar-refractivity contribution in [1.82, 2.24) is 0 Å². The third-order valence-corrected chi connectivity index (χ3v) is 6.74. The number of hydrogen-bond acceptors (Lipinski definition) is 2. The van der Waals surface area contributed by atoms with Gasteiger partial charge in [0.2, 0.25) is 0 Å². The minimum atomic E-state index is -0.223. The van der Waals surface area contributed by atoms with Gasteiger partial charge in [0.25, 0.3) is 0 Å². The Morgan fingerprint density at radius 2 is 0.800 bits per heavy atom. The summed E-state index contributed by atoms with van der Waals surface area (Å²) in [5.41, 5.74) is 6.05. The van der Waals surface area contributed by atoms with E-state index in [1.165, 1.54) is 0 Å². The molecular formula is C38H30O2. The van der Waals surface area contributed by atoms with Crippen LogP contribution < -0.4 is 9.47 Å². The zero-order valence-corrected chi connectivity index (χ0v) is 22.7. The molecule has 5 aromatic rings. The van der Waals surface area contributed by atoms with Crippen LogP contribution in [-0.4, -0.2) is 14.2 Å². The van der Waals surface area contributed by atoms with Crippen molar-refractivity contribution in [2.24, 2.45) is 0 Å². The van der Waals surface area contributed by atoms with Gasteiger partial charge in [0, 0.05) is 28.3 Å². The molecule has 0 aromatic heterocycles. The summed E-state index contributed by atoms with van der Waals surface area (Å²) in [7, 11) is 3.38. The van der Waals surface area contributed by atoms with Crippen LogP contribution in [0, 0.1) is 23.7 Å². The summed E-state index contributed by atoms with van der Waals surface area (Å²) in [5, 5.41) is 0. The molecule has 0 fully saturated rings. The van der Waals surface area contributed by atoms with Crippen molar-refractivity contribution in [2.45, 2.75) is 11.8 Å². The predicted molar refractivity (Wildman–Crippen MR) is 163 cm³/mol. The second-order valence-corrected chi connectivity index (χ2v) is 9.29. The van der Waals surface area contributed by atoms with E-state index in [9.17, 15) is 0 Å². The van der Waals surface area contributed by atoms with Gasteiger partial charge < -0.3 is 9.47 Å². The summed E-state index contributed by atoms with van der Waals surface area (Å²) in [4.78, 5) is 0. The predicted octanol–water partition coefficient (Wildman–Crippen LogP) is 8.07. The van der Waals surface area contributed by atoms with E-state index in [4.69, 9.17) is 9.47 Å². The molecule has 5 aromatic carbocycles. The van der Waals surface area contributed by atoms with Crippen molar-refractivity contribution in [2.75, 3.05) is 14.2 Å². The molecule has 0 N–H and O–H groups in total. The van der Waals surface area contributed by atoms with Gasteiger partial charge in [-0.15, -0.1) is 0 Å². The van der Waals surface area contributed by atoms with Gasteiger partial charge >= 0.3 is 0 Å². The molecule has 0 saturated heterocycles. The van der Waals surface area contributed by atoms with E-state index < -0.39 is 0 Å². The molecule has 0 saturated carbocycles. The fourth-order valence-electron chi connectivity index (χ4n) is 4.73. The lowest BCUT2D eigenvalue weighted by molar-refractivity contribution is 0.388. The van der Waals surface area contributed by atoms with Crippen LogP contribution in [-0.2, 0) is 0 Å². The molecular weight excluding hydrogens is 488 g/mol. The topological polar surface area (TPSA) is 18.5 Å². The van der Waals surface area contributed by atoms with Crippen molar-refractivity contribution in [3.8, 4) is 35.2 Å². The molecule has 2 nitrogen and oxygen atoms in total. The Labute approximate surface area is 237 Å². The third kappa shape index (κ3) is 6.27. The van der Waals surface area contributed by atoms with Crippen LogP contribution in [0.1, 0.15) is 45.2 Å². The molecule has 0 aliphatic heterocycles. The van der Waals surface area contributed by atoms with Crippen LogP contribution >= 0.6 is 0 Å². The standard InChI is InChI=1S/C38H30O2/c1-39-37-28-38(40-2)36(34(32-21-13-6-14-22-32)26-24-30-17-9-4-10-18-30)27-35(37)33(31-19-11-5-12-20-31)25-23-29-15-7-3-8-16-29/h3-22,27-28,33-34H,1-2H3. The monoisotopic (exact) mass is 518 g/mol. The maximum absolute atomic E-state index is 5.93. The molecule has 0 heterocycles. The van der Waals surface area contributed by atoms with E-state index in [2.05, 4.69) is 54.0 Å². The summed E-state index contributed by atoms with van der Waals surface area (Å²) in [6.45, 7) is 0. The average molecular weight is 519 g/mol. The quantitative estimate of drug-likeness (QED) is 0.212. The number of rotatable bonds is 6. The lowest BCUT2D eigenvalue weighted by Gasteiger charge is -2.22. The molecule has 194 valence electrons. The summed E-state index contributed by atoms with van der Waals surface area (Å²) in [5.74, 6) is 14.8. The average Bonchev–Trinajstić information content (AvgIpc) is 3.03. The number of hydrogen-bond donors (Lipinski definition) is 0. The van der Waals surface area contributed by atoms with E-state index in [1.54, 1.807) is 14.2 Å². The van der Waals surface area contributed by atoms with Crippen LogP contribution in [0.25, 0.3) is 0 Å². The molecule has 0 bridgehead atoms. The van der Waals surface area contributed by atoms with Crippen molar-refractivity contribution in [1.29, 1.82) is 0 Å². The number of methoxy groups -OCH3 is 2. The summed E-state index contributed by atoms with van der Waals surface area (Å²) in [6, 6.07) is 44.9. The fourth-order valence-corrected chi connectivity index (χ4v) is 4.73. The molecule has 0 aliphatic carbocycles. The Morgan fingerprint density at radius 1 is 0.450 bits per heavy atom. The first-order valence-electron chi connectivity index (χ1n) is 13.3. The zero-order chi connectivity index (χ0) is 27.6. The highest BCUT2D eigenvalue weighted by Crippen LogP contribution is 2.41. The molecule has 2 unspecified atom stereocenters. The highest BCUT2D eigenvalue weighted by atomic mass is 16.5. The molecule has 2 heteroatoms. The van der Waals surface area contributed by atoms with Gasteiger partial charge in [0.15, 0.2) is 0 Å². The van der Waals surface area contributed by atoms with Crippen molar-refractivity contribution < 1.29 is 9.47 Å². The lowest BCUT2D eigenvalue weighted by Crippen LogP contribution is -2.07. The van der Waals surface area contributed by atoms with Gasteiger partial charge in [0.05, 0.1) is 26.1 Å². The van der Waals surface area contributed by atoms with Crippen molar-refractivity contribution in [3.63, 3.8) is 0 Å². The lowest BCUT2D eigenvalue weighted by atomic mass is 9.85. The second-order valence-electron chi connectivity index (χ2n) is 9.29. The Morgan fingerprint density at radius 3 is 1.15 bits per heavy atom. The van der Waals surface area contributed by atoms with Crippen LogP contribution in [0.15, 0.2) is 133 Å². The van der Waals surface area contributed by atoms with Gasteiger partial charge in [-0.1, -0.05) is 121 Å². The Balaban J connectivity index is 1.71. The van der Waals surface area contributed by atoms with Gasteiger partial charge in [-0.2, -0.15) is 0 Å². The highest BCUT2D eigenvalue weighted by Gasteiger charge is 2.24.